The molecule has 0 spiro atoms. The molecule has 2 rings (SSSR count). The van der Waals surface area contributed by atoms with Crippen LogP contribution in [0.25, 0.3) is 0 Å². The summed E-state index contributed by atoms with van der Waals surface area (Å²) in [5, 5.41) is 8.49. The van der Waals surface area contributed by atoms with Gasteiger partial charge in [-0.05, 0) is 12.1 Å². The fraction of sp³-hybridized carbons (Fsp3) is 0.385. The summed E-state index contributed by atoms with van der Waals surface area (Å²) in [6, 6.07) is 4.67. The molecular weight excluding hydrogens is 268 g/mol. The number of carbonyl (C=O) groups excluding carboxylic acids is 1. The predicted octanol–water partition coefficient (Wildman–Crippen LogP) is 1.12. The molecular formula is C13H14O7. The predicted molar refractivity (Wildman–Crippen MR) is 65.5 cm³/mol. The molecule has 1 heterocycles. The lowest BCUT2D eigenvalue weighted by Gasteiger charge is -2.14. The number of carbonyl (C=O) groups is 2. The van der Waals surface area contributed by atoms with Crippen LogP contribution in [0, 0.1) is 0 Å². The van der Waals surface area contributed by atoms with E-state index >= 15 is 0 Å². The van der Waals surface area contributed by atoms with Crippen molar-refractivity contribution in [1.82, 2.24) is 0 Å². The lowest BCUT2D eigenvalue weighted by Crippen LogP contribution is -2.13. The number of hydrogen-bond donors (Lipinski definition) is 1. The molecule has 0 atom stereocenters. The summed E-state index contributed by atoms with van der Waals surface area (Å²) < 4.78 is 20.8. The smallest absolute Gasteiger partial charge is 0.322 e. The van der Waals surface area contributed by atoms with Crippen LogP contribution < -0.4 is 9.47 Å². The second-order valence-electron chi connectivity index (χ2n) is 4.02. The second kappa shape index (κ2) is 6.36. The van der Waals surface area contributed by atoms with Crippen molar-refractivity contribution in [3.05, 3.63) is 23.8 Å². The van der Waals surface area contributed by atoms with Crippen LogP contribution >= 0.6 is 0 Å². The van der Waals surface area contributed by atoms with Gasteiger partial charge in [-0.15, -0.1) is 0 Å². The number of methoxy groups -OCH3 is 1. The number of rotatable bonds is 5. The van der Waals surface area contributed by atoms with E-state index in [0.29, 0.717) is 24.5 Å². The van der Waals surface area contributed by atoms with Crippen molar-refractivity contribution in [3.8, 4) is 11.5 Å². The molecule has 108 valence electrons. The van der Waals surface area contributed by atoms with Crippen LogP contribution in [0.4, 0.5) is 0 Å². The summed E-state index contributed by atoms with van der Waals surface area (Å²) in [7, 11) is 1.47. The van der Waals surface area contributed by atoms with E-state index in [2.05, 4.69) is 0 Å². The van der Waals surface area contributed by atoms with Crippen molar-refractivity contribution in [2.24, 2.45) is 0 Å². The first-order valence-electron chi connectivity index (χ1n) is 5.94. The normalized spacial score (nSPS) is 15.1. The van der Waals surface area contributed by atoms with E-state index in [0.717, 1.165) is 0 Å². The van der Waals surface area contributed by atoms with Gasteiger partial charge in [-0.3, -0.25) is 9.59 Å². The molecule has 1 aromatic carbocycles. The number of hydrogen-bond acceptors (Lipinski definition) is 6. The third-order valence-corrected chi connectivity index (χ3v) is 2.61. The third kappa shape index (κ3) is 3.46. The van der Waals surface area contributed by atoms with Crippen LogP contribution in [-0.2, 0) is 19.1 Å². The monoisotopic (exact) mass is 282 g/mol. The van der Waals surface area contributed by atoms with Crippen LogP contribution in [-0.4, -0.2) is 37.4 Å². The number of ether oxygens (including phenoxy) is 4. The minimum Gasteiger partial charge on any atom is -0.496 e. The summed E-state index contributed by atoms with van der Waals surface area (Å²) in [4.78, 5) is 21.7. The van der Waals surface area contributed by atoms with Gasteiger partial charge in [0.2, 0.25) is 0 Å². The van der Waals surface area contributed by atoms with Crippen molar-refractivity contribution in [2.45, 2.75) is 12.7 Å². The Kier molecular flexibility index (Phi) is 4.54. The first-order chi connectivity index (χ1) is 9.60. The maximum Gasteiger partial charge on any atom is 0.322 e. The number of benzene rings is 1. The largest absolute Gasteiger partial charge is 0.496 e. The van der Waals surface area contributed by atoms with Crippen LogP contribution in [0.5, 0.6) is 11.5 Å². The molecule has 1 saturated heterocycles. The summed E-state index contributed by atoms with van der Waals surface area (Å²) >= 11 is 0. The van der Waals surface area contributed by atoms with Gasteiger partial charge in [0.15, 0.2) is 6.29 Å². The lowest BCUT2D eigenvalue weighted by molar-refractivity contribution is -0.145. The molecule has 20 heavy (non-hydrogen) atoms. The van der Waals surface area contributed by atoms with E-state index in [1.54, 1.807) is 6.07 Å². The maximum absolute atomic E-state index is 11.3. The van der Waals surface area contributed by atoms with Crippen molar-refractivity contribution in [2.75, 3.05) is 20.3 Å². The number of carboxylic acid groups (broad SMARTS) is 1. The number of aliphatic carboxylic acids is 1. The first kappa shape index (κ1) is 14.3. The molecule has 1 fully saturated rings. The van der Waals surface area contributed by atoms with Crippen molar-refractivity contribution in [1.29, 1.82) is 0 Å². The minimum absolute atomic E-state index is 0.204. The zero-order chi connectivity index (χ0) is 14.5. The van der Waals surface area contributed by atoms with Crippen LogP contribution in [0.1, 0.15) is 18.3 Å². The second-order valence-corrected chi connectivity index (χ2v) is 4.02. The van der Waals surface area contributed by atoms with Gasteiger partial charge in [0.25, 0.3) is 0 Å². The Morgan fingerprint density at radius 3 is 2.65 bits per heavy atom. The Labute approximate surface area is 115 Å². The highest BCUT2D eigenvalue weighted by Crippen LogP contribution is 2.33. The summed E-state index contributed by atoms with van der Waals surface area (Å²) in [6.07, 6.45) is -1.20. The summed E-state index contributed by atoms with van der Waals surface area (Å²) in [5.74, 6) is -1.45. The topological polar surface area (TPSA) is 91.3 Å². The molecule has 7 heteroatoms. The average molecular weight is 282 g/mol. The fourth-order valence-electron chi connectivity index (χ4n) is 1.78. The number of esters is 1. The minimum atomic E-state index is -1.24. The number of carboxylic acids is 1. The highest BCUT2D eigenvalue weighted by Gasteiger charge is 2.22. The Bertz CT molecular complexity index is 505. The van der Waals surface area contributed by atoms with Gasteiger partial charge in [-0.2, -0.15) is 0 Å². The first-order valence-corrected chi connectivity index (χ1v) is 5.94. The van der Waals surface area contributed by atoms with Gasteiger partial charge in [0, 0.05) is 11.6 Å². The Morgan fingerprint density at radius 2 is 2.05 bits per heavy atom. The Morgan fingerprint density at radius 1 is 1.35 bits per heavy atom. The molecule has 1 aliphatic heterocycles. The maximum atomic E-state index is 11.3. The molecule has 0 amide bonds. The summed E-state index contributed by atoms with van der Waals surface area (Å²) in [5.41, 5.74) is 0.683. The van der Waals surface area contributed by atoms with E-state index in [-0.39, 0.29) is 5.75 Å². The van der Waals surface area contributed by atoms with E-state index in [4.69, 9.17) is 24.1 Å². The summed E-state index contributed by atoms with van der Waals surface area (Å²) in [6.45, 7) is 1.01. The molecule has 0 radical (unpaired) electrons. The quantitative estimate of drug-likeness (QED) is 0.491. The highest BCUT2D eigenvalue weighted by atomic mass is 16.7. The zero-order valence-corrected chi connectivity index (χ0v) is 10.8. The van der Waals surface area contributed by atoms with Crippen LogP contribution in [0.2, 0.25) is 0 Å². The molecule has 1 aliphatic rings. The molecule has 0 aliphatic carbocycles. The van der Waals surface area contributed by atoms with Gasteiger partial charge >= 0.3 is 11.9 Å². The zero-order valence-electron chi connectivity index (χ0n) is 10.8. The Balaban J connectivity index is 2.12. The molecule has 0 saturated carbocycles. The van der Waals surface area contributed by atoms with E-state index < -0.39 is 24.6 Å². The Hall–Kier alpha value is -2.12. The van der Waals surface area contributed by atoms with Crippen molar-refractivity contribution in [3.63, 3.8) is 0 Å². The van der Waals surface area contributed by atoms with Gasteiger partial charge in [0.05, 0.1) is 20.3 Å². The molecule has 1 aromatic rings. The van der Waals surface area contributed by atoms with Gasteiger partial charge in [-0.25, -0.2) is 0 Å². The fourth-order valence-corrected chi connectivity index (χ4v) is 1.78. The lowest BCUT2D eigenvalue weighted by atomic mass is 10.2. The van der Waals surface area contributed by atoms with Crippen LogP contribution in [0.3, 0.4) is 0 Å². The van der Waals surface area contributed by atoms with E-state index in [1.165, 1.54) is 19.2 Å². The van der Waals surface area contributed by atoms with Gasteiger partial charge < -0.3 is 24.1 Å². The average Bonchev–Trinajstić information content (AvgIpc) is 2.91. The standard InChI is InChI=1S/C13H14O7/c1-17-10-6-8(20-12(16)7-11(14)15)2-3-9(10)13-18-4-5-19-13/h2-3,6,13H,4-5,7H2,1H3,(H,14,15). The van der Waals surface area contributed by atoms with Gasteiger partial charge in [-0.1, -0.05) is 0 Å². The highest BCUT2D eigenvalue weighted by molar-refractivity contribution is 5.91. The molecule has 7 nitrogen and oxygen atoms in total. The van der Waals surface area contributed by atoms with E-state index in [9.17, 15) is 9.59 Å². The van der Waals surface area contributed by atoms with Crippen molar-refractivity contribution >= 4 is 11.9 Å². The van der Waals surface area contributed by atoms with Crippen LogP contribution in [0.15, 0.2) is 18.2 Å². The van der Waals surface area contributed by atoms with E-state index in [1.807, 2.05) is 0 Å². The SMILES string of the molecule is COc1cc(OC(=O)CC(=O)O)ccc1C1OCCO1. The van der Waals surface area contributed by atoms with Gasteiger partial charge in [0.1, 0.15) is 17.9 Å². The third-order valence-electron chi connectivity index (χ3n) is 2.61. The molecule has 0 bridgehead atoms. The molecule has 0 unspecified atom stereocenters. The molecule has 0 aromatic heterocycles. The van der Waals surface area contributed by atoms with Crippen molar-refractivity contribution < 1.29 is 33.6 Å². The molecule has 1 N–H and O–H groups in total.